The molecule has 1 N–H and O–H groups in total. The van der Waals surface area contributed by atoms with Gasteiger partial charge in [0, 0.05) is 6.20 Å². The summed E-state index contributed by atoms with van der Waals surface area (Å²) in [5.74, 6) is -0.711. The molecule has 1 aromatic rings. The van der Waals surface area contributed by atoms with Crippen LogP contribution in [0.2, 0.25) is 0 Å². The molecule has 5 heteroatoms. The van der Waals surface area contributed by atoms with Crippen LogP contribution >= 0.6 is 11.8 Å². The van der Waals surface area contributed by atoms with Crippen LogP contribution in [0.15, 0.2) is 23.4 Å². The number of aromatic nitrogens is 1. The van der Waals surface area contributed by atoms with E-state index in [2.05, 4.69) is 4.98 Å². The molecule has 0 bridgehead atoms. The van der Waals surface area contributed by atoms with Crippen molar-refractivity contribution in [3.05, 3.63) is 23.9 Å². The molecule has 1 rings (SSSR count). The number of pyridine rings is 1. The van der Waals surface area contributed by atoms with E-state index in [1.165, 1.54) is 30.1 Å². The Bertz CT molecular complexity index is 359. The molecular weight excluding hydrogens is 188 g/mol. The molecule has 0 unspecified atom stereocenters. The third-order valence-electron chi connectivity index (χ3n) is 1.27. The number of aromatic carboxylic acids is 1. The fourth-order valence-corrected chi connectivity index (χ4v) is 1.29. The third-order valence-corrected chi connectivity index (χ3v) is 2.06. The van der Waals surface area contributed by atoms with E-state index in [1.807, 2.05) is 6.07 Å². The van der Waals surface area contributed by atoms with Gasteiger partial charge < -0.3 is 5.11 Å². The van der Waals surface area contributed by atoms with E-state index < -0.39 is 5.97 Å². The second-order valence-electron chi connectivity index (χ2n) is 2.13. The molecule has 0 aromatic carbocycles. The molecule has 1 aromatic heterocycles. The SMILES string of the molecule is N#CCSc1cc(C(=O)O)ccn1. The van der Waals surface area contributed by atoms with Gasteiger partial charge in [-0.1, -0.05) is 11.8 Å². The Balaban J connectivity index is 2.80. The van der Waals surface area contributed by atoms with Crippen LogP contribution in [0, 0.1) is 11.3 Å². The minimum atomic E-state index is -0.985. The first kappa shape index (κ1) is 9.55. The third kappa shape index (κ3) is 2.76. The van der Waals surface area contributed by atoms with Crippen LogP contribution in [0.5, 0.6) is 0 Å². The highest BCUT2D eigenvalue weighted by Gasteiger charge is 2.03. The van der Waals surface area contributed by atoms with Gasteiger partial charge in [0.1, 0.15) is 0 Å². The lowest BCUT2D eigenvalue weighted by atomic mass is 10.3. The van der Waals surface area contributed by atoms with Gasteiger partial charge in [-0.25, -0.2) is 9.78 Å². The van der Waals surface area contributed by atoms with Gasteiger partial charge in [-0.05, 0) is 12.1 Å². The Morgan fingerprint density at radius 1 is 1.77 bits per heavy atom. The summed E-state index contributed by atoms with van der Waals surface area (Å²) in [6, 6.07) is 4.80. The zero-order valence-corrected chi connectivity index (χ0v) is 7.41. The summed E-state index contributed by atoms with van der Waals surface area (Å²) in [6.07, 6.45) is 1.42. The van der Waals surface area contributed by atoms with Crippen molar-refractivity contribution < 1.29 is 9.90 Å². The molecule has 0 aliphatic heterocycles. The summed E-state index contributed by atoms with van der Waals surface area (Å²) in [6.45, 7) is 0. The summed E-state index contributed by atoms with van der Waals surface area (Å²) in [5.41, 5.74) is 0.190. The molecule has 0 amide bonds. The monoisotopic (exact) mass is 194 g/mol. The maximum atomic E-state index is 10.5. The van der Waals surface area contributed by atoms with Crippen molar-refractivity contribution in [1.82, 2.24) is 4.98 Å². The number of carboxylic acids is 1. The molecule has 0 fully saturated rings. The molecule has 0 saturated carbocycles. The molecule has 66 valence electrons. The topological polar surface area (TPSA) is 74.0 Å². The molecule has 0 saturated heterocycles. The Morgan fingerprint density at radius 2 is 2.54 bits per heavy atom. The summed E-state index contributed by atoms with van der Waals surface area (Å²) in [7, 11) is 0. The van der Waals surface area contributed by atoms with Gasteiger partial charge in [-0.2, -0.15) is 5.26 Å². The summed E-state index contributed by atoms with van der Waals surface area (Å²) < 4.78 is 0. The summed E-state index contributed by atoms with van der Waals surface area (Å²) in [5, 5.41) is 17.5. The van der Waals surface area contributed by atoms with E-state index in [-0.39, 0.29) is 11.3 Å². The van der Waals surface area contributed by atoms with E-state index in [9.17, 15) is 4.79 Å². The molecule has 0 aliphatic rings. The van der Waals surface area contributed by atoms with E-state index in [1.54, 1.807) is 0 Å². The first-order valence-electron chi connectivity index (χ1n) is 3.43. The van der Waals surface area contributed by atoms with Crippen LogP contribution in [0.4, 0.5) is 0 Å². The van der Waals surface area contributed by atoms with Crippen LogP contribution in [0.25, 0.3) is 0 Å². The molecule has 13 heavy (non-hydrogen) atoms. The fraction of sp³-hybridized carbons (Fsp3) is 0.125. The molecule has 0 aliphatic carbocycles. The van der Waals surface area contributed by atoms with Gasteiger partial charge in [-0.15, -0.1) is 0 Å². The summed E-state index contributed by atoms with van der Waals surface area (Å²) in [4.78, 5) is 14.4. The van der Waals surface area contributed by atoms with E-state index in [4.69, 9.17) is 10.4 Å². The zero-order chi connectivity index (χ0) is 9.68. The number of thioether (sulfide) groups is 1. The molecule has 0 atom stereocenters. The lowest BCUT2D eigenvalue weighted by Gasteiger charge is -1.97. The minimum absolute atomic E-state index is 0.190. The first-order valence-corrected chi connectivity index (χ1v) is 4.41. The van der Waals surface area contributed by atoms with Gasteiger partial charge >= 0.3 is 5.97 Å². The number of nitriles is 1. The van der Waals surface area contributed by atoms with Gasteiger partial charge in [0.05, 0.1) is 22.4 Å². The summed E-state index contributed by atoms with van der Waals surface area (Å²) >= 11 is 1.22. The van der Waals surface area contributed by atoms with Gasteiger partial charge in [0.15, 0.2) is 0 Å². The first-order chi connectivity index (χ1) is 6.24. The van der Waals surface area contributed by atoms with Crippen molar-refractivity contribution in [1.29, 1.82) is 5.26 Å². The van der Waals surface area contributed by atoms with Crippen LogP contribution in [-0.2, 0) is 0 Å². The normalized spacial score (nSPS) is 9.15. The van der Waals surface area contributed by atoms with Crippen molar-refractivity contribution in [3.63, 3.8) is 0 Å². The molecule has 0 radical (unpaired) electrons. The van der Waals surface area contributed by atoms with Gasteiger partial charge in [0.25, 0.3) is 0 Å². The Labute approximate surface area is 79.2 Å². The molecular formula is C8H6N2O2S. The van der Waals surface area contributed by atoms with Gasteiger partial charge in [-0.3, -0.25) is 0 Å². The van der Waals surface area contributed by atoms with Crippen molar-refractivity contribution in [3.8, 4) is 6.07 Å². The smallest absolute Gasteiger partial charge is 0.335 e. The second-order valence-corrected chi connectivity index (χ2v) is 3.13. The highest BCUT2D eigenvalue weighted by molar-refractivity contribution is 7.99. The molecule has 1 heterocycles. The van der Waals surface area contributed by atoms with Crippen LogP contribution in [0.1, 0.15) is 10.4 Å². The molecule has 4 nitrogen and oxygen atoms in total. The van der Waals surface area contributed by atoms with Crippen LogP contribution in [-0.4, -0.2) is 21.8 Å². The largest absolute Gasteiger partial charge is 0.478 e. The maximum Gasteiger partial charge on any atom is 0.335 e. The van der Waals surface area contributed by atoms with Crippen LogP contribution < -0.4 is 0 Å². The minimum Gasteiger partial charge on any atom is -0.478 e. The number of nitrogens with zero attached hydrogens (tertiary/aromatic N) is 2. The standard InChI is InChI=1S/C8H6N2O2S/c9-2-4-13-7-5-6(8(11)12)1-3-10-7/h1,3,5H,4H2,(H,11,12). The number of carbonyl (C=O) groups is 1. The predicted molar refractivity (Wildman–Crippen MR) is 47.5 cm³/mol. The fourth-order valence-electron chi connectivity index (χ4n) is 0.728. The van der Waals surface area contributed by atoms with Crippen molar-refractivity contribution in [2.45, 2.75) is 5.03 Å². The lowest BCUT2D eigenvalue weighted by molar-refractivity contribution is 0.0696. The average Bonchev–Trinajstić information content (AvgIpc) is 2.15. The quantitative estimate of drug-likeness (QED) is 0.736. The van der Waals surface area contributed by atoms with Crippen molar-refractivity contribution >= 4 is 17.7 Å². The lowest BCUT2D eigenvalue weighted by Crippen LogP contribution is -1.96. The predicted octanol–water partition coefficient (Wildman–Crippen LogP) is 1.40. The number of carboxylic acid groups (broad SMARTS) is 1. The number of rotatable bonds is 3. The Kier molecular flexibility index (Phi) is 3.29. The van der Waals surface area contributed by atoms with E-state index in [0.29, 0.717) is 5.03 Å². The number of hydrogen-bond donors (Lipinski definition) is 1. The molecule has 0 spiro atoms. The zero-order valence-electron chi connectivity index (χ0n) is 6.60. The Morgan fingerprint density at radius 3 is 3.15 bits per heavy atom. The van der Waals surface area contributed by atoms with Crippen molar-refractivity contribution in [2.75, 3.05) is 5.75 Å². The van der Waals surface area contributed by atoms with Crippen molar-refractivity contribution in [2.24, 2.45) is 0 Å². The average molecular weight is 194 g/mol. The maximum absolute atomic E-state index is 10.5. The van der Waals surface area contributed by atoms with Gasteiger partial charge in [0.2, 0.25) is 0 Å². The second kappa shape index (κ2) is 4.48. The number of hydrogen-bond acceptors (Lipinski definition) is 4. The highest BCUT2D eigenvalue weighted by Crippen LogP contribution is 2.15. The highest BCUT2D eigenvalue weighted by atomic mass is 32.2. The van der Waals surface area contributed by atoms with E-state index in [0.717, 1.165) is 0 Å². The van der Waals surface area contributed by atoms with Crippen LogP contribution in [0.3, 0.4) is 0 Å². The van der Waals surface area contributed by atoms with E-state index >= 15 is 0 Å². The Hall–Kier alpha value is -1.54.